The average Bonchev–Trinajstić information content (AvgIpc) is 3.45. The first kappa shape index (κ1) is 22.5. The van der Waals surface area contributed by atoms with E-state index < -0.39 is 6.04 Å². The van der Waals surface area contributed by atoms with Gasteiger partial charge in [-0.15, -0.1) is 11.3 Å². The molecule has 0 saturated carbocycles. The lowest BCUT2D eigenvalue weighted by atomic mass is 10.0. The summed E-state index contributed by atoms with van der Waals surface area (Å²) >= 11 is 1.34. The number of benzene rings is 2. The van der Waals surface area contributed by atoms with E-state index in [1.54, 1.807) is 23.3 Å². The van der Waals surface area contributed by atoms with E-state index in [2.05, 4.69) is 10.3 Å². The molecule has 1 N–H and O–H groups in total. The smallest absolute Gasteiger partial charge is 0.271 e. The molecule has 0 aliphatic carbocycles. The van der Waals surface area contributed by atoms with Crippen molar-refractivity contribution in [1.82, 2.24) is 10.3 Å². The maximum absolute atomic E-state index is 14.0. The van der Waals surface area contributed by atoms with Crippen LogP contribution in [0.15, 0.2) is 77.4 Å². The third kappa shape index (κ3) is 4.88. The van der Waals surface area contributed by atoms with Crippen molar-refractivity contribution < 1.29 is 14.0 Å². The number of furan rings is 1. The molecule has 7 heteroatoms. The fourth-order valence-corrected chi connectivity index (χ4v) is 4.63. The van der Waals surface area contributed by atoms with Crippen LogP contribution in [0.3, 0.4) is 0 Å². The molecular formula is C26H25N3O3S. The average molecular weight is 460 g/mol. The van der Waals surface area contributed by atoms with Gasteiger partial charge in [0.1, 0.15) is 16.7 Å². The Morgan fingerprint density at radius 2 is 1.73 bits per heavy atom. The molecular weight excluding hydrogens is 434 g/mol. The summed E-state index contributed by atoms with van der Waals surface area (Å²) in [6.07, 6.45) is 1.56. The van der Waals surface area contributed by atoms with Crippen LogP contribution in [-0.2, 0) is 11.3 Å². The van der Waals surface area contributed by atoms with Gasteiger partial charge in [-0.05, 0) is 50.1 Å². The second kappa shape index (κ2) is 9.83. The van der Waals surface area contributed by atoms with Gasteiger partial charge in [0.05, 0.1) is 23.5 Å². The number of carbonyl (C=O) groups is 2. The molecule has 2 aromatic heterocycles. The van der Waals surface area contributed by atoms with Gasteiger partial charge in [0.15, 0.2) is 0 Å². The highest BCUT2D eigenvalue weighted by molar-refractivity contribution is 7.13. The van der Waals surface area contributed by atoms with Crippen molar-refractivity contribution in [2.45, 2.75) is 33.4 Å². The number of nitrogens with one attached hydrogen (secondary N) is 1. The van der Waals surface area contributed by atoms with E-state index in [4.69, 9.17) is 4.42 Å². The van der Waals surface area contributed by atoms with Crippen LogP contribution in [0.2, 0.25) is 0 Å². The van der Waals surface area contributed by atoms with Crippen LogP contribution in [0.25, 0.3) is 0 Å². The number of aryl methyl sites for hydroxylation is 3. The van der Waals surface area contributed by atoms with Crippen LogP contribution >= 0.6 is 11.3 Å². The number of amides is 2. The molecule has 0 aliphatic rings. The molecule has 2 amide bonds. The van der Waals surface area contributed by atoms with Crippen molar-refractivity contribution in [3.05, 3.63) is 105 Å². The lowest BCUT2D eigenvalue weighted by molar-refractivity contribution is -0.122. The molecule has 6 nitrogen and oxygen atoms in total. The van der Waals surface area contributed by atoms with Gasteiger partial charge in [0.2, 0.25) is 5.91 Å². The minimum Gasteiger partial charge on any atom is -0.467 e. The maximum atomic E-state index is 14.0. The summed E-state index contributed by atoms with van der Waals surface area (Å²) in [6.45, 7) is 5.85. The summed E-state index contributed by atoms with van der Waals surface area (Å²) in [5.74, 6) is 0.0837. The second-order valence-corrected chi connectivity index (χ2v) is 8.92. The topological polar surface area (TPSA) is 75.4 Å². The van der Waals surface area contributed by atoms with Crippen LogP contribution in [0.1, 0.15) is 43.3 Å². The fourth-order valence-electron chi connectivity index (χ4n) is 3.78. The van der Waals surface area contributed by atoms with E-state index in [1.807, 2.05) is 75.4 Å². The quantitative estimate of drug-likeness (QED) is 0.403. The van der Waals surface area contributed by atoms with Crippen molar-refractivity contribution in [1.29, 1.82) is 0 Å². The summed E-state index contributed by atoms with van der Waals surface area (Å²) < 4.78 is 5.37. The van der Waals surface area contributed by atoms with Gasteiger partial charge in [-0.25, -0.2) is 4.98 Å². The number of nitrogens with zero attached hydrogens (tertiary/aromatic N) is 2. The molecule has 168 valence electrons. The Hall–Kier alpha value is -3.71. The third-order valence-corrected chi connectivity index (χ3v) is 6.39. The summed E-state index contributed by atoms with van der Waals surface area (Å²) in [7, 11) is 0. The van der Waals surface area contributed by atoms with Crippen LogP contribution in [0.4, 0.5) is 5.69 Å². The minimum absolute atomic E-state index is 0.226. The lowest BCUT2D eigenvalue weighted by Crippen LogP contribution is -2.44. The maximum Gasteiger partial charge on any atom is 0.271 e. The van der Waals surface area contributed by atoms with Gasteiger partial charge in [-0.1, -0.05) is 48.5 Å². The number of para-hydroxylation sites is 1. The van der Waals surface area contributed by atoms with E-state index in [0.29, 0.717) is 27.6 Å². The van der Waals surface area contributed by atoms with Crippen LogP contribution in [-0.4, -0.2) is 16.8 Å². The number of hydrogen-bond donors (Lipinski definition) is 1. The lowest BCUT2D eigenvalue weighted by Gasteiger charge is -2.32. The van der Waals surface area contributed by atoms with Crippen molar-refractivity contribution >= 4 is 28.8 Å². The molecule has 0 saturated heterocycles. The van der Waals surface area contributed by atoms with E-state index in [0.717, 1.165) is 10.6 Å². The Balaban J connectivity index is 1.82. The minimum atomic E-state index is -0.878. The SMILES string of the molecule is Cc1nc(C)c(C(=O)N(c2ccccc2C)[C@@H](C(=O)NCc2ccco2)c2ccccc2)s1. The molecule has 0 unspecified atom stereocenters. The molecule has 0 fully saturated rings. The number of hydrogen-bond acceptors (Lipinski definition) is 5. The highest BCUT2D eigenvalue weighted by Gasteiger charge is 2.35. The normalized spacial score (nSPS) is 11.7. The van der Waals surface area contributed by atoms with Gasteiger partial charge in [-0.2, -0.15) is 0 Å². The van der Waals surface area contributed by atoms with Gasteiger partial charge < -0.3 is 9.73 Å². The first-order chi connectivity index (χ1) is 16.0. The van der Waals surface area contributed by atoms with Gasteiger partial charge in [-0.3, -0.25) is 14.5 Å². The van der Waals surface area contributed by atoms with Crippen LogP contribution in [0, 0.1) is 20.8 Å². The predicted molar refractivity (Wildman–Crippen MR) is 129 cm³/mol. The molecule has 0 bridgehead atoms. The van der Waals surface area contributed by atoms with Crippen LogP contribution in [0.5, 0.6) is 0 Å². The Morgan fingerprint density at radius 1 is 1.00 bits per heavy atom. The molecule has 0 radical (unpaired) electrons. The number of aromatic nitrogens is 1. The zero-order valence-corrected chi connectivity index (χ0v) is 19.6. The first-order valence-electron chi connectivity index (χ1n) is 10.6. The number of thiazole rings is 1. The number of rotatable bonds is 7. The predicted octanol–water partition coefficient (Wildman–Crippen LogP) is 5.37. The van der Waals surface area contributed by atoms with Crippen molar-refractivity contribution in [3.63, 3.8) is 0 Å². The molecule has 2 heterocycles. The summed E-state index contributed by atoms with van der Waals surface area (Å²) in [5, 5.41) is 3.75. The Morgan fingerprint density at radius 3 is 2.36 bits per heavy atom. The van der Waals surface area contributed by atoms with E-state index in [-0.39, 0.29) is 18.4 Å². The van der Waals surface area contributed by atoms with E-state index >= 15 is 0 Å². The Bertz CT molecular complexity index is 1250. The molecule has 4 aromatic rings. The summed E-state index contributed by atoms with van der Waals surface area (Å²) in [5.41, 5.74) is 2.94. The second-order valence-electron chi connectivity index (χ2n) is 7.72. The zero-order chi connectivity index (χ0) is 23.4. The Labute approximate surface area is 196 Å². The molecule has 33 heavy (non-hydrogen) atoms. The highest BCUT2D eigenvalue weighted by atomic mass is 32.1. The van der Waals surface area contributed by atoms with E-state index in [1.165, 1.54) is 11.3 Å². The first-order valence-corrected chi connectivity index (χ1v) is 11.5. The molecule has 0 aliphatic heterocycles. The molecule has 4 rings (SSSR count). The number of anilines is 1. The largest absolute Gasteiger partial charge is 0.467 e. The standard InChI is InChI=1S/C26H25N3O3S/c1-17-10-7-8-14-22(17)29(26(31)24-18(2)28-19(3)33-24)23(20-11-5-4-6-12-20)25(30)27-16-21-13-9-15-32-21/h4-15,23H,16H2,1-3H3,(H,27,30)/t23-/m1/s1. The third-order valence-electron chi connectivity index (χ3n) is 5.33. The fraction of sp³-hybridized carbons (Fsp3) is 0.192. The zero-order valence-electron chi connectivity index (χ0n) is 18.7. The Kier molecular flexibility index (Phi) is 6.70. The van der Waals surface area contributed by atoms with Crippen molar-refractivity contribution in [2.24, 2.45) is 0 Å². The van der Waals surface area contributed by atoms with Gasteiger partial charge in [0, 0.05) is 5.69 Å². The highest BCUT2D eigenvalue weighted by Crippen LogP contribution is 2.33. The summed E-state index contributed by atoms with van der Waals surface area (Å²) in [6, 6.07) is 19.6. The van der Waals surface area contributed by atoms with Gasteiger partial charge >= 0.3 is 0 Å². The molecule has 1 atom stereocenters. The molecule has 2 aromatic carbocycles. The summed E-state index contributed by atoms with van der Waals surface area (Å²) in [4.78, 5) is 34.2. The monoisotopic (exact) mass is 459 g/mol. The molecule has 0 spiro atoms. The van der Waals surface area contributed by atoms with Gasteiger partial charge in [0.25, 0.3) is 5.91 Å². The van der Waals surface area contributed by atoms with E-state index in [9.17, 15) is 9.59 Å². The van der Waals surface area contributed by atoms with Crippen molar-refractivity contribution in [2.75, 3.05) is 4.90 Å². The van der Waals surface area contributed by atoms with Crippen molar-refractivity contribution in [3.8, 4) is 0 Å². The van der Waals surface area contributed by atoms with Crippen LogP contribution < -0.4 is 10.2 Å². The number of carbonyl (C=O) groups excluding carboxylic acids is 2.